The second kappa shape index (κ2) is 14.2. The van der Waals surface area contributed by atoms with Crippen molar-refractivity contribution >= 4 is 60.7 Å². The molecule has 9 aromatic rings. The monoisotopic (exact) mass is 826 g/mol. The molecule has 7 aromatic carbocycles. The lowest BCUT2D eigenvalue weighted by Gasteiger charge is -2.28. The van der Waals surface area contributed by atoms with E-state index in [0.29, 0.717) is 0 Å². The molecule has 318 valence electrons. The van der Waals surface area contributed by atoms with Crippen LogP contribution in [0, 0.1) is 0 Å². The number of rotatable bonds is 3. The van der Waals surface area contributed by atoms with Crippen LogP contribution in [-0.4, -0.2) is 9.13 Å². The molecule has 1 aliphatic heterocycles. The zero-order valence-electron chi connectivity index (χ0n) is 39.5. The molecule has 0 N–H and O–H groups in total. The molecule has 63 heavy (non-hydrogen) atoms. The van der Waals surface area contributed by atoms with Crippen molar-refractivity contribution in [2.24, 2.45) is 0 Å². The number of hydrogen-bond acceptors (Lipinski definition) is 1. The van der Waals surface area contributed by atoms with Gasteiger partial charge in [0, 0.05) is 50.0 Å². The summed E-state index contributed by atoms with van der Waals surface area (Å²) >= 11 is 0. The normalized spacial score (nSPS) is 13.9. The number of benzene rings is 7. The first-order valence-electron chi connectivity index (χ1n) is 23.1. The number of para-hydroxylation sites is 1. The standard InChI is InChI=1S/C60H63N3/c1-57(2,3)40-20-26-53-47(34-40)48-35-41(58(4,5)6)21-27-54(48)62(53)45-24-30-51-38(32-45)18-19-39-33-46(25-31-52(39)61(51)44-16-14-13-15-17-44)63-55-28-22-42(59(7,8)9)36-49(55)50-37-43(60(10,11)12)23-29-56(50)63/h13-17,20-37H,18-19H2,1-12H3. The molecule has 0 unspecified atom stereocenters. The molecule has 3 heterocycles. The Bertz CT molecular complexity index is 2910. The second-order valence-corrected chi connectivity index (χ2v) is 22.4. The molecule has 0 atom stereocenters. The van der Waals surface area contributed by atoms with Crippen LogP contribution in [0.15, 0.2) is 140 Å². The van der Waals surface area contributed by atoms with Gasteiger partial charge in [-0.3, -0.25) is 0 Å². The number of fused-ring (bicyclic) bond motifs is 8. The van der Waals surface area contributed by atoms with Gasteiger partial charge in [0.05, 0.1) is 22.1 Å². The summed E-state index contributed by atoms with van der Waals surface area (Å²) in [5.41, 5.74) is 19.4. The third kappa shape index (κ3) is 6.96. The summed E-state index contributed by atoms with van der Waals surface area (Å²) in [6, 6.07) is 53.9. The number of aryl methyl sites for hydroxylation is 2. The molecule has 0 bridgehead atoms. The molecule has 0 fully saturated rings. The second-order valence-electron chi connectivity index (χ2n) is 22.4. The van der Waals surface area contributed by atoms with Crippen LogP contribution in [-0.2, 0) is 34.5 Å². The van der Waals surface area contributed by atoms with Gasteiger partial charge in [0.2, 0.25) is 0 Å². The van der Waals surface area contributed by atoms with E-state index < -0.39 is 0 Å². The smallest absolute Gasteiger partial charge is 0.0541 e. The van der Waals surface area contributed by atoms with Gasteiger partial charge in [0.25, 0.3) is 0 Å². The molecule has 0 radical (unpaired) electrons. The molecule has 3 heteroatoms. The van der Waals surface area contributed by atoms with Crippen molar-refractivity contribution in [2.45, 2.75) is 118 Å². The Hall–Kier alpha value is -6.06. The fourth-order valence-corrected chi connectivity index (χ4v) is 9.98. The summed E-state index contributed by atoms with van der Waals surface area (Å²) in [4.78, 5) is 2.50. The lowest BCUT2D eigenvalue weighted by molar-refractivity contribution is 0.590. The van der Waals surface area contributed by atoms with Crippen molar-refractivity contribution in [3.63, 3.8) is 0 Å². The molecular weight excluding hydrogens is 763 g/mol. The zero-order chi connectivity index (χ0) is 44.4. The van der Waals surface area contributed by atoms with Crippen molar-refractivity contribution in [3.8, 4) is 11.4 Å². The van der Waals surface area contributed by atoms with Crippen LogP contribution in [0.4, 0.5) is 17.1 Å². The average Bonchev–Trinajstić information content (AvgIpc) is 3.68. The molecule has 1 aliphatic rings. The molecule has 0 saturated carbocycles. The summed E-state index contributed by atoms with van der Waals surface area (Å²) in [6.45, 7) is 27.8. The van der Waals surface area contributed by atoms with E-state index in [1.807, 2.05) is 0 Å². The van der Waals surface area contributed by atoms with Crippen LogP contribution in [0.5, 0.6) is 0 Å². The lowest BCUT2D eigenvalue weighted by Crippen LogP contribution is -2.12. The minimum atomic E-state index is 0.0528. The van der Waals surface area contributed by atoms with E-state index in [1.165, 1.54) is 105 Å². The van der Waals surface area contributed by atoms with E-state index in [-0.39, 0.29) is 21.7 Å². The zero-order valence-corrected chi connectivity index (χ0v) is 39.5. The highest BCUT2D eigenvalue weighted by molar-refractivity contribution is 6.11. The third-order valence-corrected chi connectivity index (χ3v) is 13.8. The molecule has 10 rings (SSSR count). The van der Waals surface area contributed by atoms with Gasteiger partial charge in [-0.05, 0) is 165 Å². The summed E-state index contributed by atoms with van der Waals surface area (Å²) in [5.74, 6) is 0. The highest BCUT2D eigenvalue weighted by Gasteiger charge is 2.27. The Kier molecular flexibility index (Phi) is 9.25. The SMILES string of the molecule is CC(C)(C)c1ccc2c(c1)c1cc(C(C)(C)C)ccc1n2-c1ccc2c(c1)CCc1cc(-n3c4ccc(C(C)(C)C)cc4c4cc(C(C)(C)C)ccc43)ccc1N2c1ccccc1. The maximum absolute atomic E-state index is 2.51. The minimum Gasteiger partial charge on any atom is -0.310 e. The minimum absolute atomic E-state index is 0.0528. The third-order valence-electron chi connectivity index (χ3n) is 13.8. The van der Waals surface area contributed by atoms with Gasteiger partial charge in [-0.15, -0.1) is 0 Å². The molecule has 0 aliphatic carbocycles. The van der Waals surface area contributed by atoms with Gasteiger partial charge in [-0.1, -0.05) is 126 Å². The van der Waals surface area contributed by atoms with Crippen molar-refractivity contribution < 1.29 is 0 Å². The fourth-order valence-electron chi connectivity index (χ4n) is 9.98. The van der Waals surface area contributed by atoms with Crippen LogP contribution in [0.2, 0.25) is 0 Å². The van der Waals surface area contributed by atoms with Crippen molar-refractivity contribution in [2.75, 3.05) is 4.90 Å². The van der Waals surface area contributed by atoms with Crippen LogP contribution >= 0.6 is 0 Å². The maximum atomic E-state index is 2.51. The number of anilines is 3. The van der Waals surface area contributed by atoms with Crippen LogP contribution < -0.4 is 4.90 Å². The van der Waals surface area contributed by atoms with Crippen LogP contribution in [0.1, 0.15) is 116 Å². The van der Waals surface area contributed by atoms with Gasteiger partial charge < -0.3 is 14.0 Å². The summed E-state index contributed by atoms with van der Waals surface area (Å²) in [7, 11) is 0. The highest BCUT2D eigenvalue weighted by Crippen LogP contribution is 2.46. The topological polar surface area (TPSA) is 13.1 Å². The van der Waals surface area contributed by atoms with Gasteiger partial charge in [-0.25, -0.2) is 0 Å². The molecule has 0 spiro atoms. The lowest BCUT2D eigenvalue weighted by atomic mass is 9.85. The Balaban J connectivity index is 1.14. The summed E-state index contributed by atoms with van der Waals surface area (Å²) < 4.78 is 5.01. The Labute approximate surface area is 375 Å². The van der Waals surface area contributed by atoms with E-state index in [1.54, 1.807) is 0 Å². The quantitative estimate of drug-likeness (QED) is 0.173. The first-order chi connectivity index (χ1) is 29.8. The highest BCUT2D eigenvalue weighted by atomic mass is 15.2. The first-order valence-corrected chi connectivity index (χ1v) is 23.1. The summed E-state index contributed by atoms with van der Waals surface area (Å²) in [6.07, 6.45) is 1.86. The van der Waals surface area contributed by atoms with Crippen molar-refractivity contribution in [1.82, 2.24) is 9.13 Å². The summed E-state index contributed by atoms with van der Waals surface area (Å²) in [5, 5.41) is 5.27. The van der Waals surface area contributed by atoms with Crippen molar-refractivity contribution in [1.29, 1.82) is 0 Å². The maximum Gasteiger partial charge on any atom is 0.0541 e. The van der Waals surface area contributed by atoms with E-state index in [2.05, 4.69) is 237 Å². The molecule has 0 amide bonds. The molecule has 0 saturated heterocycles. The molecular formula is C60H63N3. The average molecular weight is 826 g/mol. The fraction of sp³-hybridized carbons (Fsp3) is 0.300. The van der Waals surface area contributed by atoms with E-state index >= 15 is 0 Å². The van der Waals surface area contributed by atoms with Crippen LogP contribution in [0.3, 0.4) is 0 Å². The Morgan fingerprint density at radius 3 is 0.937 bits per heavy atom. The first kappa shape index (κ1) is 41.0. The predicted molar refractivity (Wildman–Crippen MR) is 272 cm³/mol. The molecule has 3 nitrogen and oxygen atoms in total. The largest absolute Gasteiger partial charge is 0.310 e. The predicted octanol–water partition coefficient (Wildman–Crippen LogP) is 16.6. The van der Waals surface area contributed by atoms with Gasteiger partial charge in [0.1, 0.15) is 0 Å². The molecule has 2 aromatic heterocycles. The van der Waals surface area contributed by atoms with Crippen LogP contribution in [0.25, 0.3) is 55.0 Å². The van der Waals surface area contributed by atoms with E-state index in [0.717, 1.165) is 12.8 Å². The number of nitrogens with zero attached hydrogens (tertiary/aromatic N) is 3. The Morgan fingerprint density at radius 1 is 0.317 bits per heavy atom. The van der Waals surface area contributed by atoms with Gasteiger partial charge >= 0.3 is 0 Å². The van der Waals surface area contributed by atoms with Crippen molar-refractivity contribution in [3.05, 3.63) is 173 Å². The van der Waals surface area contributed by atoms with E-state index in [9.17, 15) is 0 Å². The van der Waals surface area contributed by atoms with Gasteiger partial charge in [0.15, 0.2) is 0 Å². The Morgan fingerprint density at radius 2 is 0.635 bits per heavy atom. The number of aromatic nitrogens is 2. The van der Waals surface area contributed by atoms with Gasteiger partial charge in [-0.2, -0.15) is 0 Å². The number of hydrogen-bond donors (Lipinski definition) is 0. The van der Waals surface area contributed by atoms with E-state index in [4.69, 9.17) is 0 Å².